The summed E-state index contributed by atoms with van der Waals surface area (Å²) in [5.74, 6) is 0. The quantitative estimate of drug-likeness (QED) is 0.546. The maximum absolute atomic E-state index is 3.53. The summed E-state index contributed by atoms with van der Waals surface area (Å²) < 4.78 is 3.88. The minimum Gasteiger partial charge on any atom is -0.370 e. The molecule has 0 bridgehead atoms. The summed E-state index contributed by atoms with van der Waals surface area (Å²) in [4.78, 5) is 2.50. The smallest absolute Gasteiger partial charge is 0.0638 e. The highest BCUT2D eigenvalue weighted by molar-refractivity contribution is 14.1. The van der Waals surface area contributed by atoms with Crippen LogP contribution < -0.4 is 4.90 Å². The molecule has 1 nitrogen and oxygen atoms in total. The molecule has 0 spiro atoms. The van der Waals surface area contributed by atoms with E-state index in [-0.39, 0.29) is 0 Å². The first kappa shape index (κ1) is 11.4. The summed E-state index contributed by atoms with van der Waals surface area (Å²) in [6, 6.07) is 4.38. The summed E-state index contributed by atoms with van der Waals surface area (Å²) >= 11 is 8.38. The van der Waals surface area contributed by atoms with E-state index in [9.17, 15) is 0 Å². The van der Waals surface area contributed by atoms with Crippen LogP contribution in [0, 0.1) is 7.14 Å². The Morgan fingerprint density at radius 1 is 1.07 bits per heavy atom. The normalized spacial score (nSPS) is 16.4. The Bertz CT molecular complexity index is 325. The largest absolute Gasteiger partial charge is 0.370 e. The molecule has 76 valence electrons. The Balaban J connectivity index is 2.40. The Hall–Kier alpha value is 0.960. The summed E-state index contributed by atoms with van der Waals surface area (Å²) in [6.07, 6.45) is 2.67. The Morgan fingerprint density at radius 3 is 2.07 bits per heavy atom. The molecule has 0 aromatic heterocycles. The molecule has 0 radical (unpaired) electrons. The van der Waals surface area contributed by atoms with E-state index in [1.54, 1.807) is 0 Å². The van der Waals surface area contributed by atoms with Gasteiger partial charge in [-0.1, -0.05) is 15.9 Å². The highest BCUT2D eigenvalue weighted by atomic mass is 127. The number of rotatable bonds is 1. The standard InChI is InChI=1S/C10H10BrI2N/c11-7-5-8(12)10(9(13)6-7)14-3-1-2-4-14/h5-6H,1-4H2. The van der Waals surface area contributed by atoms with E-state index in [1.165, 1.54) is 43.2 Å². The minimum atomic E-state index is 1.18. The number of hydrogen-bond donors (Lipinski definition) is 0. The van der Waals surface area contributed by atoms with Gasteiger partial charge in [-0.15, -0.1) is 0 Å². The van der Waals surface area contributed by atoms with E-state index in [0.717, 1.165) is 0 Å². The zero-order valence-electron chi connectivity index (χ0n) is 7.56. The first-order valence-electron chi connectivity index (χ1n) is 4.58. The van der Waals surface area contributed by atoms with Crippen LogP contribution in [0.15, 0.2) is 16.6 Å². The first-order chi connectivity index (χ1) is 6.68. The second kappa shape index (κ2) is 4.86. The highest BCUT2D eigenvalue weighted by Crippen LogP contribution is 2.33. The average Bonchev–Trinajstić information content (AvgIpc) is 2.54. The number of benzene rings is 1. The van der Waals surface area contributed by atoms with E-state index in [4.69, 9.17) is 0 Å². The molecule has 4 heteroatoms. The van der Waals surface area contributed by atoms with Crippen LogP contribution in [-0.2, 0) is 0 Å². The van der Waals surface area contributed by atoms with Gasteiger partial charge >= 0.3 is 0 Å². The molecule has 1 aromatic carbocycles. The molecule has 1 heterocycles. The number of anilines is 1. The van der Waals surface area contributed by atoms with Crippen molar-refractivity contribution in [2.24, 2.45) is 0 Å². The van der Waals surface area contributed by atoms with Gasteiger partial charge in [0, 0.05) is 24.7 Å². The Kier molecular flexibility index (Phi) is 3.98. The van der Waals surface area contributed by atoms with Gasteiger partial charge in [-0.05, 0) is 70.2 Å². The van der Waals surface area contributed by atoms with Gasteiger partial charge in [0.15, 0.2) is 0 Å². The third kappa shape index (κ3) is 2.37. The van der Waals surface area contributed by atoms with E-state index < -0.39 is 0 Å². The fraction of sp³-hybridized carbons (Fsp3) is 0.400. The molecule has 0 unspecified atom stereocenters. The first-order valence-corrected chi connectivity index (χ1v) is 7.53. The van der Waals surface area contributed by atoms with Crippen molar-refractivity contribution in [3.05, 3.63) is 23.7 Å². The fourth-order valence-electron chi connectivity index (χ4n) is 1.78. The lowest BCUT2D eigenvalue weighted by Gasteiger charge is -2.21. The lowest BCUT2D eigenvalue weighted by Crippen LogP contribution is -2.19. The van der Waals surface area contributed by atoms with Gasteiger partial charge in [-0.25, -0.2) is 0 Å². The van der Waals surface area contributed by atoms with Gasteiger partial charge in [0.05, 0.1) is 5.69 Å². The molecule has 0 saturated carbocycles. The minimum absolute atomic E-state index is 1.18. The van der Waals surface area contributed by atoms with Crippen molar-refractivity contribution >= 4 is 66.8 Å². The molecule has 1 saturated heterocycles. The van der Waals surface area contributed by atoms with E-state index in [1.807, 2.05) is 0 Å². The van der Waals surface area contributed by atoms with Crippen molar-refractivity contribution in [1.82, 2.24) is 0 Å². The molecule has 0 amide bonds. The zero-order valence-corrected chi connectivity index (χ0v) is 13.5. The lowest BCUT2D eigenvalue weighted by molar-refractivity contribution is 0.949. The maximum atomic E-state index is 3.53. The van der Waals surface area contributed by atoms with Crippen LogP contribution in [0.1, 0.15) is 12.8 Å². The van der Waals surface area contributed by atoms with E-state index >= 15 is 0 Å². The van der Waals surface area contributed by atoms with E-state index in [0.29, 0.717) is 0 Å². The van der Waals surface area contributed by atoms with Crippen LogP contribution >= 0.6 is 61.1 Å². The van der Waals surface area contributed by atoms with Gasteiger partial charge in [-0.2, -0.15) is 0 Å². The van der Waals surface area contributed by atoms with Gasteiger partial charge in [0.1, 0.15) is 0 Å². The van der Waals surface area contributed by atoms with Gasteiger partial charge in [0.25, 0.3) is 0 Å². The number of hydrogen-bond acceptors (Lipinski definition) is 1. The second-order valence-corrected chi connectivity index (χ2v) is 6.65. The summed E-state index contributed by atoms with van der Waals surface area (Å²) in [7, 11) is 0. The molecule has 1 aromatic rings. The molecule has 1 aliphatic rings. The van der Waals surface area contributed by atoms with Crippen molar-refractivity contribution < 1.29 is 0 Å². The Labute approximate surface area is 120 Å². The van der Waals surface area contributed by atoms with Crippen molar-refractivity contribution in [3.63, 3.8) is 0 Å². The fourth-order valence-corrected chi connectivity index (χ4v) is 5.54. The van der Waals surface area contributed by atoms with Crippen LogP contribution in [0.4, 0.5) is 5.69 Å². The third-order valence-electron chi connectivity index (χ3n) is 2.40. The average molecular weight is 478 g/mol. The topological polar surface area (TPSA) is 3.24 Å². The van der Waals surface area contributed by atoms with Crippen LogP contribution in [0.5, 0.6) is 0 Å². The molecule has 14 heavy (non-hydrogen) atoms. The van der Waals surface area contributed by atoms with Crippen molar-refractivity contribution in [2.75, 3.05) is 18.0 Å². The molecule has 0 atom stereocenters. The lowest BCUT2D eigenvalue weighted by atomic mass is 10.3. The monoisotopic (exact) mass is 477 g/mol. The van der Waals surface area contributed by atoms with Crippen LogP contribution in [-0.4, -0.2) is 13.1 Å². The van der Waals surface area contributed by atoms with Gasteiger partial charge in [-0.3, -0.25) is 0 Å². The van der Waals surface area contributed by atoms with Crippen LogP contribution in [0.3, 0.4) is 0 Å². The SMILES string of the molecule is Brc1cc(I)c(N2CCCC2)c(I)c1. The summed E-state index contributed by atoms with van der Waals surface area (Å²) in [6.45, 7) is 2.43. The molecule has 2 rings (SSSR count). The van der Waals surface area contributed by atoms with Gasteiger partial charge in [0.2, 0.25) is 0 Å². The van der Waals surface area contributed by atoms with Crippen molar-refractivity contribution in [3.8, 4) is 0 Å². The molecule has 0 aliphatic carbocycles. The summed E-state index contributed by atoms with van der Waals surface area (Å²) in [5.41, 5.74) is 1.42. The molecular formula is C10H10BrI2N. The van der Waals surface area contributed by atoms with E-state index in [2.05, 4.69) is 78.1 Å². The molecular weight excluding hydrogens is 468 g/mol. The Morgan fingerprint density at radius 2 is 1.57 bits per heavy atom. The molecule has 0 N–H and O–H groups in total. The van der Waals surface area contributed by atoms with Crippen LogP contribution in [0.25, 0.3) is 0 Å². The predicted molar refractivity (Wildman–Crippen MR) is 81.0 cm³/mol. The maximum Gasteiger partial charge on any atom is 0.0638 e. The van der Waals surface area contributed by atoms with Crippen LogP contribution in [0.2, 0.25) is 0 Å². The summed E-state index contributed by atoms with van der Waals surface area (Å²) in [5, 5.41) is 0. The van der Waals surface area contributed by atoms with Crippen molar-refractivity contribution in [2.45, 2.75) is 12.8 Å². The number of halogens is 3. The third-order valence-corrected chi connectivity index (χ3v) is 4.51. The second-order valence-electron chi connectivity index (χ2n) is 3.41. The highest BCUT2D eigenvalue weighted by Gasteiger charge is 2.17. The molecule has 1 fully saturated rings. The predicted octanol–water partition coefficient (Wildman–Crippen LogP) is 4.26. The van der Waals surface area contributed by atoms with Gasteiger partial charge < -0.3 is 4.90 Å². The number of nitrogens with zero attached hydrogens (tertiary/aromatic N) is 1. The zero-order chi connectivity index (χ0) is 10.1. The van der Waals surface area contributed by atoms with Crippen molar-refractivity contribution in [1.29, 1.82) is 0 Å². The molecule has 1 aliphatic heterocycles.